The second-order valence-corrected chi connectivity index (χ2v) is 6.70. The van der Waals surface area contributed by atoms with Crippen LogP contribution in [-0.4, -0.2) is 28.8 Å². The van der Waals surface area contributed by atoms with E-state index in [0.29, 0.717) is 5.02 Å². The minimum absolute atomic E-state index is 0.0697. The number of rotatable bonds is 4. The molecular formula is C19H21ClN2O. The van der Waals surface area contributed by atoms with E-state index in [-0.39, 0.29) is 11.7 Å². The highest BCUT2D eigenvalue weighted by atomic mass is 35.5. The number of benzene rings is 1. The number of carbonyl (C=O) groups excluding carboxylic acids is 1. The largest absolute Gasteiger partial charge is 0.298 e. The van der Waals surface area contributed by atoms with Gasteiger partial charge in [-0.25, -0.2) is 0 Å². The van der Waals surface area contributed by atoms with Crippen LogP contribution < -0.4 is 0 Å². The number of pyridine rings is 1. The molecular weight excluding hydrogens is 308 g/mol. The van der Waals surface area contributed by atoms with Crippen LogP contribution in [0, 0.1) is 12.8 Å². The van der Waals surface area contributed by atoms with Crippen LogP contribution >= 0.6 is 11.6 Å². The van der Waals surface area contributed by atoms with E-state index in [1.807, 2.05) is 31.3 Å². The van der Waals surface area contributed by atoms with Crippen LogP contribution in [0.3, 0.4) is 0 Å². The minimum Gasteiger partial charge on any atom is -0.298 e. The number of nitrogens with zero attached hydrogens (tertiary/aromatic N) is 2. The number of halogens is 1. The standard InChI is InChI=1S/C19H21ClN2O/c1-14-10-17(20)6-7-18(14)19(23)16-5-3-9-22(13-16)12-15-4-2-8-21-11-15/h2,4,6-8,10-11,16H,3,5,9,12-13H2,1H3. The number of piperidine rings is 1. The first-order valence-electron chi connectivity index (χ1n) is 8.05. The van der Waals surface area contributed by atoms with Gasteiger partial charge >= 0.3 is 0 Å². The number of aromatic nitrogens is 1. The van der Waals surface area contributed by atoms with E-state index < -0.39 is 0 Å². The third-order valence-corrected chi connectivity index (χ3v) is 4.69. The first-order chi connectivity index (χ1) is 11.1. The first kappa shape index (κ1) is 16.2. The number of ketones is 1. The molecule has 0 spiro atoms. The van der Waals surface area contributed by atoms with E-state index in [9.17, 15) is 4.79 Å². The third kappa shape index (κ3) is 3.98. The van der Waals surface area contributed by atoms with E-state index >= 15 is 0 Å². The molecule has 1 aliphatic heterocycles. The zero-order chi connectivity index (χ0) is 16.2. The number of likely N-dealkylation sites (tertiary alicyclic amines) is 1. The van der Waals surface area contributed by atoms with Crippen LogP contribution in [0.5, 0.6) is 0 Å². The van der Waals surface area contributed by atoms with E-state index in [4.69, 9.17) is 11.6 Å². The SMILES string of the molecule is Cc1cc(Cl)ccc1C(=O)C1CCCN(Cc2cccnc2)C1. The Labute approximate surface area is 142 Å². The second kappa shape index (κ2) is 7.24. The van der Waals surface area contributed by atoms with Crippen molar-refractivity contribution in [2.24, 2.45) is 5.92 Å². The lowest BCUT2D eigenvalue weighted by atomic mass is 9.88. The average Bonchev–Trinajstić information content (AvgIpc) is 2.55. The van der Waals surface area contributed by atoms with Crippen LogP contribution in [0.1, 0.15) is 34.3 Å². The van der Waals surface area contributed by atoms with Crippen molar-refractivity contribution in [2.45, 2.75) is 26.3 Å². The highest BCUT2D eigenvalue weighted by Gasteiger charge is 2.27. The number of carbonyl (C=O) groups is 1. The van der Waals surface area contributed by atoms with E-state index in [0.717, 1.165) is 43.6 Å². The molecule has 0 aliphatic carbocycles. The van der Waals surface area contributed by atoms with Crippen LogP contribution in [0.25, 0.3) is 0 Å². The van der Waals surface area contributed by atoms with E-state index in [2.05, 4.69) is 16.0 Å². The van der Waals surface area contributed by atoms with E-state index in [1.54, 1.807) is 12.3 Å². The van der Waals surface area contributed by atoms with Crippen molar-refractivity contribution in [1.29, 1.82) is 0 Å². The van der Waals surface area contributed by atoms with Crippen LogP contribution in [0.4, 0.5) is 0 Å². The highest BCUT2D eigenvalue weighted by molar-refractivity contribution is 6.30. The Morgan fingerprint density at radius 1 is 1.39 bits per heavy atom. The monoisotopic (exact) mass is 328 g/mol. The molecule has 0 radical (unpaired) electrons. The first-order valence-corrected chi connectivity index (χ1v) is 8.43. The van der Waals surface area contributed by atoms with Gasteiger partial charge in [-0.2, -0.15) is 0 Å². The van der Waals surface area contributed by atoms with Gasteiger partial charge in [-0.3, -0.25) is 14.7 Å². The molecule has 1 aliphatic rings. The minimum atomic E-state index is 0.0697. The lowest BCUT2D eigenvalue weighted by Gasteiger charge is -2.32. The van der Waals surface area contributed by atoms with Crippen molar-refractivity contribution in [3.63, 3.8) is 0 Å². The second-order valence-electron chi connectivity index (χ2n) is 6.26. The Bertz CT molecular complexity index is 687. The molecule has 1 fully saturated rings. The van der Waals surface area contributed by atoms with Gasteiger partial charge in [-0.05, 0) is 61.7 Å². The van der Waals surface area contributed by atoms with Crippen molar-refractivity contribution >= 4 is 17.4 Å². The lowest BCUT2D eigenvalue weighted by Crippen LogP contribution is -2.38. The van der Waals surface area contributed by atoms with Gasteiger partial charge in [0.25, 0.3) is 0 Å². The molecule has 2 heterocycles. The summed E-state index contributed by atoms with van der Waals surface area (Å²) in [5.74, 6) is 0.315. The molecule has 2 aromatic rings. The molecule has 23 heavy (non-hydrogen) atoms. The van der Waals surface area contributed by atoms with Crippen LogP contribution in [0.2, 0.25) is 5.02 Å². The maximum Gasteiger partial charge on any atom is 0.167 e. The molecule has 0 amide bonds. The van der Waals surface area contributed by atoms with Gasteiger partial charge in [0, 0.05) is 42.0 Å². The normalized spacial score (nSPS) is 18.8. The van der Waals surface area contributed by atoms with Gasteiger partial charge in [0.2, 0.25) is 0 Å². The fraction of sp³-hybridized carbons (Fsp3) is 0.368. The predicted molar refractivity (Wildman–Crippen MR) is 92.8 cm³/mol. The van der Waals surface area contributed by atoms with Gasteiger partial charge in [-0.1, -0.05) is 17.7 Å². The van der Waals surface area contributed by atoms with Gasteiger partial charge in [0.15, 0.2) is 5.78 Å². The van der Waals surface area contributed by atoms with Gasteiger partial charge in [0.1, 0.15) is 0 Å². The summed E-state index contributed by atoms with van der Waals surface area (Å²) in [5.41, 5.74) is 2.97. The number of aryl methyl sites for hydroxylation is 1. The fourth-order valence-electron chi connectivity index (χ4n) is 3.29. The number of hydrogen-bond donors (Lipinski definition) is 0. The Balaban J connectivity index is 1.69. The van der Waals surface area contributed by atoms with Crippen molar-refractivity contribution in [3.8, 4) is 0 Å². The van der Waals surface area contributed by atoms with Gasteiger partial charge < -0.3 is 0 Å². The molecule has 0 saturated carbocycles. The van der Waals surface area contributed by atoms with Crippen molar-refractivity contribution in [2.75, 3.05) is 13.1 Å². The molecule has 0 N–H and O–H groups in total. The summed E-state index contributed by atoms with van der Waals surface area (Å²) in [6.07, 6.45) is 5.71. The molecule has 0 bridgehead atoms. The van der Waals surface area contributed by atoms with Gasteiger partial charge in [-0.15, -0.1) is 0 Å². The summed E-state index contributed by atoms with van der Waals surface area (Å²) in [6, 6.07) is 9.57. The molecule has 1 saturated heterocycles. The lowest BCUT2D eigenvalue weighted by molar-refractivity contribution is 0.0811. The Hall–Kier alpha value is -1.71. The maximum absolute atomic E-state index is 12.8. The topological polar surface area (TPSA) is 33.2 Å². The zero-order valence-corrected chi connectivity index (χ0v) is 14.1. The quantitative estimate of drug-likeness (QED) is 0.791. The molecule has 3 nitrogen and oxygen atoms in total. The summed E-state index contributed by atoms with van der Waals surface area (Å²) in [5, 5.41) is 0.681. The molecule has 1 unspecified atom stereocenters. The smallest absolute Gasteiger partial charge is 0.167 e. The highest BCUT2D eigenvalue weighted by Crippen LogP contribution is 2.25. The maximum atomic E-state index is 12.8. The summed E-state index contributed by atoms with van der Waals surface area (Å²) in [7, 11) is 0. The summed E-state index contributed by atoms with van der Waals surface area (Å²) < 4.78 is 0. The molecule has 1 aromatic heterocycles. The Kier molecular flexibility index (Phi) is 5.09. The van der Waals surface area contributed by atoms with Crippen LogP contribution in [-0.2, 0) is 6.54 Å². The number of Topliss-reactive ketones (excluding diaryl/α,β-unsaturated/α-hetero) is 1. The van der Waals surface area contributed by atoms with Crippen LogP contribution in [0.15, 0.2) is 42.7 Å². The molecule has 4 heteroatoms. The Morgan fingerprint density at radius 3 is 3.00 bits per heavy atom. The van der Waals surface area contributed by atoms with Crippen molar-refractivity contribution < 1.29 is 4.79 Å². The average molecular weight is 329 g/mol. The summed E-state index contributed by atoms with van der Waals surface area (Å²) in [4.78, 5) is 19.4. The number of hydrogen-bond acceptors (Lipinski definition) is 3. The molecule has 3 rings (SSSR count). The third-order valence-electron chi connectivity index (χ3n) is 4.46. The van der Waals surface area contributed by atoms with Crippen molar-refractivity contribution in [1.82, 2.24) is 9.88 Å². The van der Waals surface area contributed by atoms with E-state index in [1.165, 1.54) is 5.56 Å². The summed E-state index contributed by atoms with van der Waals surface area (Å²) >= 11 is 6.00. The molecule has 1 aromatic carbocycles. The Morgan fingerprint density at radius 2 is 2.26 bits per heavy atom. The molecule has 1 atom stereocenters. The predicted octanol–water partition coefficient (Wildman–Crippen LogP) is 4.14. The van der Waals surface area contributed by atoms with Crippen molar-refractivity contribution in [3.05, 3.63) is 64.4 Å². The van der Waals surface area contributed by atoms with Gasteiger partial charge in [0.05, 0.1) is 0 Å². The summed E-state index contributed by atoms with van der Waals surface area (Å²) in [6.45, 7) is 4.67. The zero-order valence-electron chi connectivity index (χ0n) is 13.3. The fourth-order valence-corrected chi connectivity index (χ4v) is 3.51. The molecule has 120 valence electrons.